The lowest BCUT2D eigenvalue weighted by molar-refractivity contribution is -0.131. The number of aryl methyl sites for hydroxylation is 3. The molecule has 126 valence electrons. The van der Waals surface area contributed by atoms with Gasteiger partial charge in [0.2, 0.25) is 0 Å². The first-order chi connectivity index (χ1) is 11.5. The summed E-state index contributed by atoms with van der Waals surface area (Å²) in [6.07, 6.45) is 0.826. The van der Waals surface area contributed by atoms with E-state index in [1.807, 2.05) is 42.9 Å². The molecule has 0 saturated heterocycles. The summed E-state index contributed by atoms with van der Waals surface area (Å²) in [5.74, 6) is 1.18. The second-order valence-corrected chi connectivity index (χ2v) is 6.79. The maximum atomic E-state index is 11.3. The molecule has 0 aliphatic carbocycles. The molecule has 0 fully saturated rings. The molecule has 0 saturated carbocycles. The molecule has 2 heterocycles. The van der Waals surface area contributed by atoms with E-state index in [4.69, 9.17) is 9.47 Å². The lowest BCUT2D eigenvalue weighted by atomic mass is 10.2. The van der Waals surface area contributed by atoms with Gasteiger partial charge in [0.05, 0.1) is 11.4 Å². The van der Waals surface area contributed by atoms with Gasteiger partial charge in [-0.05, 0) is 37.6 Å². The van der Waals surface area contributed by atoms with Crippen LogP contribution < -0.4 is 9.47 Å². The van der Waals surface area contributed by atoms with Crippen molar-refractivity contribution in [1.29, 1.82) is 0 Å². The fourth-order valence-electron chi connectivity index (χ4n) is 2.64. The van der Waals surface area contributed by atoms with E-state index in [1.54, 1.807) is 11.3 Å². The van der Waals surface area contributed by atoms with Crippen molar-refractivity contribution in [2.45, 2.75) is 33.8 Å². The SMILES string of the molecule is CCc1sc2cc(OCc3cc(C)nn3C)ccc2c1OC(C)=O. The highest BCUT2D eigenvalue weighted by molar-refractivity contribution is 7.19. The van der Waals surface area contributed by atoms with Gasteiger partial charge in [-0.1, -0.05) is 6.92 Å². The number of carbonyl (C=O) groups excluding carboxylic acids is 1. The number of aromatic nitrogens is 2. The molecule has 0 amide bonds. The van der Waals surface area contributed by atoms with Crippen molar-refractivity contribution >= 4 is 27.4 Å². The molecule has 0 spiro atoms. The minimum atomic E-state index is -0.295. The molecule has 3 aromatic rings. The third-order valence-corrected chi connectivity index (χ3v) is 5.01. The van der Waals surface area contributed by atoms with Gasteiger partial charge in [-0.3, -0.25) is 9.48 Å². The van der Waals surface area contributed by atoms with E-state index in [1.165, 1.54) is 6.92 Å². The Balaban J connectivity index is 1.86. The third kappa shape index (κ3) is 3.28. The van der Waals surface area contributed by atoms with Crippen LogP contribution in [0.25, 0.3) is 10.1 Å². The second kappa shape index (κ2) is 6.65. The van der Waals surface area contributed by atoms with Crippen LogP contribution in [0.3, 0.4) is 0 Å². The summed E-state index contributed by atoms with van der Waals surface area (Å²) in [4.78, 5) is 12.4. The normalized spacial score (nSPS) is 11.0. The minimum Gasteiger partial charge on any atom is -0.487 e. The van der Waals surface area contributed by atoms with Crippen molar-refractivity contribution in [1.82, 2.24) is 9.78 Å². The number of ether oxygens (including phenoxy) is 2. The van der Waals surface area contributed by atoms with Crippen molar-refractivity contribution in [2.75, 3.05) is 0 Å². The van der Waals surface area contributed by atoms with Crippen molar-refractivity contribution < 1.29 is 14.3 Å². The van der Waals surface area contributed by atoms with E-state index in [2.05, 4.69) is 12.0 Å². The summed E-state index contributed by atoms with van der Waals surface area (Å²) in [6.45, 7) is 5.91. The standard InChI is InChI=1S/C18H20N2O3S/c1-5-16-18(23-12(3)21)15-7-6-14(9-17(15)24-16)22-10-13-8-11(2)19-20(13)4/h6-9H,5,10H2,1-4H3. The zero-order valence-electron chi connectivity index (χ0n) is 14.3. The van der Waals surface area contributed by atoms with Gasteiger partial charge in [-0.15, -0.1) is 11.3 Å². The van der Waals surface area contributed by atoms with Crippen molar-refractivity contribution in [2.24, 2.45) is 7.05 Å². The third-order valence-electron chi connectivity index (χ3n) is 3.74. The average molecular weight is 344 g/mol. The highest BCUT2D eigenvalue weighted by atomic mass is 32.1. The maximum Gasteiger partial charge on any atom is 0.308 e. The van der Waals surface area contributed by atoms with Gasteiger partial charge in [-0.25, -0.2) is 0 Å². The largest absolute Gasteiger partial charge is 0.487 e. The lowest BCUT2D eigenvalue weighted by Gasteiger charge is -2.07. The Kier molecular flexibility index (Phi) is 4.57. The number of hydrogen-bond acceptors (Lipinski definition) is 5. The van der Waals surface area contributed by atoms with Crippen LogP contribution in [0.4, 0.5) is 0 Å². The van der Waals surface area contributed by atoms with Gasteiger partial charge in [0.25, 0.3) is 0 Å². The lowest BCUT2D eigenvalue weighted by Crippen LogP contribution is -2.03. The smallest absolute Gasteiger partial charge is 0.308 e. The van der Waals surface area contributed by atoms with Crippen LogP contribution in [-0.4, -0.2) is 15.7 Å². The Hall–Kier alpha value is -2.34. The summed E-state index contributed by atoms with van der Waals surface area (Å²) < 4.78 is 14.2. The van der Waals surface area contributed by atoms with E-state index in [-0.39, 0.29) is 5.97 Å². The Labute approximate surface area is 144 Å². The van der Waals surface area contributed by atoms with Crippen LogP contribution in [0.15, 0.2) is 24.3 Å². The Morgan fingerprint density at radius 3 is 2.75 bits per heavy atom. The maximum absolute atomic E-state index is 11.3. The first kappa shape index (κ1) is 16.5. The molecule has 0 bridgehead atoms. The molecular weight excluding hydrogens is 324 g/mol. The van der Waals surface area contributed by atoms with E-state index < -0.39 is 0 Å². The number of thiophene rings is 1. The molecule has 0 aliphatic heterocycles. The molecule has 2 aromatic heterocycles. The van der Waals surface area contributed by atoms with Crippen LogP contribution in [0.2, 0.25) is 0 Å². The molecule has 0 aliphatic rings. The minimum absolute atomic E-state index is 0.295. The van der Waals surface area contributed by atoms with E-state index in [0.717, 1.165) is 38.5 Å². The molecule has 24 heavy (non-hydrogen) atoms. The first-order valence-electron chi connectivity index (χ1n) is 7.84. The molecular formula is C18H20N2O3S. The Morgan fingerprint density at radius 1 is 1.33 bits per heavy atom. The summed E-state index contributed by atoms with van der Waals surface area (Å²) in [6, 6.07) is 7.87. The number of rotatable bonds is 5. The molecule has 0 unspecified atom stereocenters. The number of nitrogens with zero attached hydrogens (tertiary/aromatic N) is 2. The van der Waals surface area contributed by atoms with Gasteiger partial charge in [0.1, 0.15) is 12.4 Å². The topological polar surface area (TPSA) is 53.4 Å². The molecule has 1 aromatic carbocycles. The average Bonchev–Trinajstić information content (AvgIpc) is 3.04. The van der Waals surface area contributed by atoms with Gasteiger partial charge in [0.15, 0.2) is 5.75 Å². The monoisotopic (exact) mass is 344 g/mol. The first-order valence-corrected chi connectivity index (χ1v) is 8.65. The fourth-order valence-corrected chi connectivity index (χ4v) is 3.74. The number of benzene rings is 1. The second-order valence-electron chi connectivity index (χ2n) is 5.65. The van der Waals surface area contributed by atoms with Gasteiger partial charge in [0, 0.05) is 28.9 Å². The van der Waals surface area contributed by atoms with Gasteiger partial charge >= 0.3 is 5.97 Å². The van der Waals surface area contributed by atoms with Crippen LogP contribution in [0.1, 0.15) is 30.1 Å². The van der Waals surface area contributed by atoms with Crippen molar-refractivity contribution in [3.63, 3.8) is 0 Å². The number of hydrogen-bond donors (Lipinski definition) is 0. The Morgan fingerprint density at radius 2 is 2.12 bits per heavy atom. The molecule has 5 nitrogen and oxygen atoms in total. The van der Waals surface area contributed by atoms with Crippen molar-refractivity contribution in [3.05, 3.63) is 40.5 Å². The molecule has 0 N–H and O–H groups in total. The molecule has 3 rings (SSSR count). The Bertz CT molecular complexity index is 895. The van der Waals surface area contributed by atoms with E-state index in [0.29, 0.717) is 12.4 Å². The highest BCUT2D eigenvalue weighted by Gasteiger charge is 2.15. The number of fused-ring (bicyclic) bond motifs is 1. The van der Waals surface area contributed by atoms with E-state index >= 15 is 0 Å². The van der Waals surface area contributed by atoms with Crippen LogP contribution >= 0.6 is 11.3 Å². The number of carbonyl (C=O) groups is 1. The van der Waals surface area contributed by atoms with Crippen molar-refractivity contribution in [3.8, 4) is 11.5 Å². The zero-order chi connectivity index (χ0) is 17.3. The molecule has 6 heteroatoms. The molecule has 0 radical (unpaired) electrons. The molecule has 0 atom stereocenters. The number of esters is 1. The van der Waals surface area contributed by atoms with Crippen LogP contribution in [0, 0.1) is 6.92 Å². The summed E-state index contributed by atoms with van der Waals surface area (Å²) in [5, 5.41) is 5.27. The van der Waals surface area contributed by atoms with Crippen LogP contribution in [-0.2, 0) is 24.9 Å². The van der Waals surface area contributed by atoms with Gasteiger partial charge < -0.3 is 9.47 Å². The summed E-state index contributed by atoms with van der Waals surface area (Å²) in [7, 11) is 1.91. The quantitative estimate of drug-likeness (QED) is 0.656. The van der Waals surface area contributed by atoms with E-state index in [9.17, 15) is 4.79 Å². The van der Waals surface area contributed by atoms with Gasteiger partial charge in [-0.2, -0.15) is 5.10 Å². The van der Waals surface area contributed by atoms with Crippen LogP contribution in [0.5, 0.6) is 11.5 Å². The summed E-state index contributed by atoms with van der Waals surface area (Å²) >= 11 is 1.63. The predicted molar refractivity (Wildman–Crippen MR) is 94.8 cm³/mol. The highest BCUT2D eigenvalue weighted by Crippen LogP contribution is 2.40. The fraction of sp³-hybridized carbons (Fsp3) is 0.333. The zero-order valence-corrected chi connectivity index (χ0v) is 15.1. The predicted octanol–water partition coefficient (Wildman–Crippen LogP) is 4.01. The summed E-state index contributed by atoms with van der Waals surface area (Å²) in [5.41, 5.74) is 2.00.